The van der Waals surface area contributed by atoms with Crippen molar-refractivity contribution in [2.24, 2.45) is 0 Å². The van der Waals surface area contributed by atoms with Gasteiger partial charge in [-0.15, -0.1) is 0 Å². The maximum atomic E-state index is 12.6. The van der Waals surface area contributed by atoms with Gasteiger partial charge in [0.25, 0.3) is 0 Å². The predicted molar refractivity (Wildman–Crippen MR) is 63.4 cm³/mol. The average Bonchev–Trinajstić information content (AvgIpc) is 2.82. The predicted octanol–water partition coefficient (Wildman–Crippen LogP) is 2.46. The van der Waals surface area contributed by atoms with Crippen molar-refractivity contribution in [3.63, 3.8) is 0 Å². The molecule has 0 aliphatic heterocycles. The minimum absolute atomic E-state index is 0.202. The molecule has 2 aromatic heterocycles. The number of nitrogens with one attached hydrogen (secondary N) is 1. The zero-order valence-electron chi connectivity index (χ0n) is 9.90. The molecule has 0 aliphatic rings. The molecular weight excluding hydrogens is 275 g/mol. The van der Waals surface area contributed by atoms with Crippen molar-refractivity contribution >= 4 is 22.8 Å². The van der Waals surface area contributed by atoms with Gasteiger partial charge in [-0.2, -0.15) is 13.2 Å². The van der Waals surface area contributed by atoms with Crippen molar-refractivity contribution < 1.29 is 23.1 Å². The topological polar surface area (TPSA) is 70.4 Å². The van der Waals surface area contributed by atoms with Gasteiger partial charge in [-0.05, 0) is 18.2 Å². The minimum atomic E-state index is -4.42. The van der Waals surface area contributed by atoms with Crippen LogP contribution in [0.3, 0.4) is 0 Å². The van der Waals surface area contributed by atoms with Gasteiger partial charge in [-0.3, -0.25) is 9.20 Å². The molecule has 0 bridgehead atoms. The Hall–Kier alpha value is -2.51. The molecule has 2 N–H and O–H groups in total. The van der Waals surface area contributed by atoms with Crippen molar-refractivity contribution in [2.75, 3.05) is 0 Å². The lowest BCUT2D eigenvalue weighted by Gasteiger charge is -2.05. The highest BCUT2D eigenvalue weighted by Gasteiger charge is 2.30. The molecule has 0 radical (unpaired) electrons. The molecule has 8 heteroatoms. The van der Waals surface area contributed by atoms with Crippen LogP contribution in [0.4, 0.5) is 13.2 Å². The molecule has 3 aromatic rings. The first-order chi connectivity index (χ1) is 9.34. The Balaban J connectivity index is 2.13. The number of aliphatic carboxylic acids is 1. The first-order valence-corrected chi connectivity index (χ1v) is 5.63. The van der Waals surface area contributed by atoms with Crippen LogP contribution in [-0.4, -0.2) is 25.4 Å². The highest BCUT2D eigenvalue weighted by Crippen LogP contribution is 2.31. The van der Waals surface area contributed by atoms with Gasteiger partial charge < -0.3 is 10.1 Å². The zero-order valence-corrected chi connectivity index (χ0v) is 9.90. The van der Waals surface area contributed by atoms with Crippen LogP contribution in [0.1, 0.15) is 11.3 Å². The average molecular weight is 283 g/mol. The van der Waals surface area contributed by atoms with Crippen LogP contribution < -0.4 is 0 Å². The minimum Gasteiger partial charge on any atom is -0.481 e. The molecule has 0 aliphatic carbocycles. The molecule has 104 valence electrons. The fraction of sp³-hybridized carbons (Fsp3) is 0.167. The van der Waals surface area contributed by atoms with E-state index in [0.29, 0.717) is 17.0 Å². The van der Waals surface area contributed by atoms with Crippen molar-refractivity contribution in [3.05, 3.63) is 35.7 Å². The number of carbonyl (C=O) groups is 1. The molecule has 0 saturated carbocycles. The van der Waals surface area contributed by atoms with Gasteiger partial charge in [0, 0.05) is 11.9 Å². The Morgan fingerprint density at radius 2 is 2.15 bits per heavy atom. The highest BCUT2D eigenvalue weighted by atomic mass is 19.4. The van der Waals surface area contributed by atoms with Crippen LogP contribution in [0.5, 0.6) is 0 Å². The fourth-order valence-corrected chi connectivity index (χ4v) is 2.08. The quantitative estimate of drug-likeness (QED) is 0.759. The molecule has 0 amide bonds. The molecule has 0 unspecified atom stereocenters. The summed E-state index contributed by atoms with van der Waals surface area (Å²) in [6.45, 7) is 0. The Bertz CT molecular complexity index is 816. The number of aromatic amines is 1. The molecule has 20 heavy (non-hydrogen) atoms. The molecule has 2 heterocycles. The standard InChI is InChI=1S/C12H8F3N3O2/c13-12(14,15)6-1-2-9-8(3-6)17-11-16-7(4-10(19)20)5-18(9)11/h1-3,5H,4H2,(H,16,17)(H,19,20). The fourth-order valence-electron chi connectivity index (χ4n) is 2.08. The summed E-state index contributed by atoms with van der Waals surface area (Å²) in [5.41, 5.74) is 0.354. The van der Waals surface area contributed by atoms with Crippen molar-refractivity contribution in [3.8, 4) is 0 Å². The lowest BCUT2D eigenvalue weighted by atomic mass is 10.2. The van der Waals surface area contributed by atoms with E-state index in [9.17, 15) is 18.0 Å². The lowest BCUT2D eigenvalue weighted by Crippen LogP contribution is -2.04. The van der Waals surface area contributed by atoms with E-state index in [0.717, 1.165) is 12.1 Å². The van der Waals surface area contributed by atoms with Crippen LogP contribution in [0.25, 0.3) is 16.8 Å². The Kier molecular flexibility index (Phi) is 2.50. The van der Waals surface area contributed by atoms with Gasteiger partial charge in [-0.25, -0.2) is 4.98 Å². The smallest absolute Gasteiger partial charge is 0.416 e. The summed E-state index contributed by atoms with van der Waals surface area (Å²) in [5.74, 6) is -0.686. The second kappa shape index (κ2) is 3.99. The van der Waals surface area contributed by atoms with Crippen LogP contribution in [0.15, 0.2) is 24.4 Å². The maximum absolute atomic E-state index is 12.6. The van der Waals surface area contributed by atoms with Gasteiger partial charge in [-0.1, -0.05) is 0 Å². The third-order valence-corrected chi connectivity index (χ3v) is 2.92. The van der Waals surface area contributed by atoms with Gasteiger partial charge >= 0.3 is 12.1 Å². The summed E-state index contributed by atoms with van der Waals surface area (Å²) in [6.07, 6.45) is -3.10. The number of carboxylic acids is 1. The van der Waals surface area contributed by atoms with E-state index in [2.05, 4.69) is 9.97 Å². The van der Waals surface area contributed by atoms with E-state index in [1.54, 1.807) is 0 Å². The molecule has 0 saturated heterocycles. The van der Waals surface area contributed by atoms with Crippen LogP contribution >= 0.6 is 0 Å². The SMILES string of the molecule is O=C(O)Cc1cn2c(nc3cc(C(F)(F)F)ccc32)[nH]1. The van der Waals surface area contributed by atoms with Crippen molar-refractivity contribution in [2.45, 2.75) is 12.6 Å². The molecular formula is C12H8F3N3O2. The molecule has 0 atom stereocenters. The summed E-state index contributed by atoms with van der Waals surface area (Å²) in [5, 5.41) is 8.69. The second-order valence-electron chi connectivity index (χ2n) is 4.36. The number of alkyl halides is 3. The lowest BCUT2D eigenvalue weighted by molar-refractivity contribution is -0.138. The van der Waals surface area contributed by atoms with Crippen molar-refractivity contribution in [1.82, 2.24) is 14.4 Å². The maximum Gasteiger partial charge on any atom is 0.416 e. The van der Waals surface area contributed by atoms with Gasteiger partial charge in [0.2, 0.25) is 5.78 Å². The summed E-state index contributed by atoms with van der Waals surface area (Å²) in [7, 11) is 0. The number of halogens is 3. The highest BCUT2D eigenvalue weighted by molar-refractivity contribution is 5.81. The van der Waals surface area contributed by atoms with Crippen molar-refractivity contribution in [1.29, 1.82) is 0 Å². The van der Waals surface area contributed by atoms with Gasteiger partial charge in [0.15, 0.2) is 0 Å². The van der Waals surface area contributed by atoms with Crippen LogP contribution in [0.2, 0.25) is 0 Å². The Morgan fingerprint density at radius 1 is 1.40 bits per heavy atom. The number of imidazole rings is 2. The first-order valence-electron chi connectivity index (χ1n) is 5.63. The van der Waals surface area contributed by atoms with Gasteiger partial charge in [0.05, 0.1) is 23.0 Å². The molecule has 5 nitrogen and oxygen atoms in total. The molecule has 1 aromatic carbocycles. The van der Waals surface area contributed by atoms with E-state index in [4.69, 9.17) is 5.11 Å². The normalized spacial score (nSPS) is 12.3. The third-order valence-electron chi connectivity index (χ3n) is 2.92. The number of hydrogen-bond acceptors (Lipinski definition) is 2. The first kappa shape index (κ1) is 12.5. The molecule has 0 fully saturated rings. The second-order valence-corrected chi connectivity index (χ2v) is 4.36. The Labute approximate surface area is 109 Å². The molecule has 0 spiro atoms. The van der Waals surface area contributed by atoms with Crippen LogP contribution in [0, 0.1) is 0 Å². The van der Waals surface area contributed by atoms with E-state index >= 15 is 0 Å². The summed E-state index contributed by atoms with van der Waals surface area (Å²) in [4.78, 5) is 17.4. The van der Waals surface area contributed by atoms with Crippen LogP contribution in [-0.2, 0) is 17.4 Å². The van der Waals surface area contributed by atoms with E-state index in [1.165, 1.54) is 16.7 Å². The largest absolute Gasteiger partial charge is 0.481 e. The van der Waals surface area contributed by atoms with Gasteiger partial charge in [0.1, 0.15) is 0 Å². The monoisotopic (exact) mass is 283 g/mol. The number of rotatable bonds is 2. The third kappa shape index (κ3) is 1.98. The zero-order chi connectivity index (χ0) is 14.5. The number of hydrogen-bond donors (Lipinski definition) is 2. The number of benzene rings is 1. The number of fused-ring (bicyclic) bond motifs is 3. The number of nitrogens with zero attached hydrogens (tertiary/aromatic N) is 2. The van der Waals surface area contributed by atoms with E-state index < -0.39 is 17.7 Å². The number of H-pyrrole nitrogens is 1. The summed E-state index contributed by atoms with van der Waals surface area (Å²) < 4.78 is 39.3. The number of aromatic nitrogens is 3. The van der Waals surface area contributed by atoms with E-state index in [1.807, 2.05) is 0 Å². The summed E-state index contributed by atoms with van der Waals surface area (Å²) in [6, 6.07) is 3.25. The van der Waals surface area contributed by atoms with E-state index in [-0.39, 0.29) is 11.9 Å². The summed E-state index contributed by atoms with van der Waals surface area (Å²) >= 11 is 0. The molecule has 3 rings (SSSR count). The Morgan fingerprint density at radius 3 is 2.80 bits per heavy atom. The number of carboxylic acid groups (broad SMARTS) is 1.